The minimum atomic E-state index is -1.05. The molecule has 1 aliphatic heterocycles. The molecule has 10 nitrogen and oxygen atoms in total. The van der Waals surface area contributed by atoms with Crippen LogP contribution in [-0.4, -0.2) is 62.1 Å². The lowest BCUT2D eigenvalue weighted by Gasteiger charge is -2.34. The van der Waals surface area contributed by atoms with Gasteiger partial charge in [-0.3, -0.25) is 9.59 Å². The van der Waals surface area contributed by atoms with E-state index in [2.05, 4.69) is 16.0 Å². The van der Waals surface area contributed by atoms with Gasteiger partial charge in [0.15, 0.2) is 0 Å². The highest BCUT2D eigenvalue weighted by molar-refractivity contribution is 7.12. The number of amides is 4. The largest absolute Gasteiger partial charge is 0.495 e. The van der Waals surface area contributed by atoms with E-state index in [1.807, 2.05) is 0 Å². The van der Waals surface area contributed by atoms with Crippen LogP contribution in [0.5, 0.6) is 5.75 Å². The summed E-state index contributed by atoms with van der Waals surface area (Å²) in [6.07, 6.45) is -0.303. The first kappa shape index (κ1) is 23.4. The van der Waals surface area contributed by atoms with Crippen molar-refractivity contribution in [3.63, 3.8) is 0 Å². The number of halogens is 1. The zero-order valence-corrected chi connectivity index (χ0v) is 18.8. The third kappa shape index (κ3) is 5.29. The Hall–Kier alpha value is -3.31. The van der Waals surface area contributed by atoms with Crippen LogP contribution < -0.4 is 20.7 Å². The van der Waals surface area contributed by atoms with E-state index in [9.17, 15) is 19.2 Å². The number of carbonyl (C=O) groups excluding carboxylic acids is 4. The predicted octanol–water partition coefficient (Wildman–Crippen LogP) is 2.56. The Bertz CT molecular complexity index is 1040. The maximum absolute atomic E-state index is 12.9. The molecular weight excluding hydrogens is 460 g/mol. The third-order valence-corrected chi connectivity index (χ3v) is 5.81. The lowest BCUT2D eigenvalue weighted by molar-refractivity contribution is -0.130. The van der Waals surface area contributed by atoms with E-state index < -0.39 is 29.9 Å². The molecular formula is C20H21ClN4O6S. The summed E-state index contributed by atoms with van der Waals surface area (Å²) in [5.74, 6) is -1.18. The summed E-state index contributed by atoms with van der Waals surface area (Å²) >= 11 is 7.12. The molecule has 3 rings (SSSR count). The van der Waals surface area contributed by atoms with Crippen molar-refractivity contribution >= 4 is 58.1 Å². The molecule has 4 amide bonds. The molecule has 0 aliphatic carbocycles. The molecule has 1 atom stereocenters. The molecule has 170 valence electrons. The van der Waals surface area contributed by atoms with Gasteiger partial charge in [-0.25, -0.2) is 9.59 Å². The fraction of sp³-hybridized carbons (Fsp3) is 0.300. The van der Waals surface area contributed by atoms with Crippen LogP contribution in [-0.2, 0) is 14.3 Å². The van der Waals surface area contributed by atoms with Crippen molar-refractivity contribution in [1.82, 2.24) is 10.2 Å². The zero-order chi connectivity index (χ0) is 23.3. The molecule has 1 aromatic carbocycles. The third-order valence-electron chi connectivity index (χ3n) is 4.68. The number of anilines is 2. The number of nitrogens with one attached hydrogen (secondary N) is 3. The molecule has 1 saturated heterocycles. The summed E-state index contributed by atoms with van der Waals surface area (Å²) in [6.45, 7) is 0.443. The molecule has 0 radical (unpaired) electrons. The fourth-order valence-corrected chi connectivity index (χ4v) is 4.10. The molecule has 0 unspecified atom stereocenters. The van der Waals surface area contributed by atoms with E-state index in [0.29, 0.717) is 16.5 Å². The minimum Gasteiger partial charge on any atom is -0.495 e. The van der Waals surface area contributed by atoms with Gasteiger partial charge in [-0.2, -0.15) is 0 Å². The second-order valence-electron chi connectivity index (χ2n) is 6.68. The highest BCUT2D eigenvalue weighted by Crippen LogP contribution is 2.28. The van der Waals surface area contributed by atoms with Gasteiger partial charge < -0.3 is 30.3 Å². The molecule has 0 spiro atoms. The van der Waals surface area contributed by atoms with E-state index >= 15 is 0 Å². The van der Waals surface area contributed by atoms with Crippen LogP contribution in [0.4, 0.5) is 16.2 Å². The summed E-state index contributed by atoms with van der Waals surface area (Å²) in [5, 5.41) is 9.97. The number of hydrogen-bond acceptors (Lipinski definition) is 7. The Balaban J connectivity index is 1.73. The zero-order valence-electron chi connectivity index (χ0n) is 17.3. The van der Waals surface area contributed by atoms with Crippen molar-refractivity contribution in [2.24, 2.45) is 0 Å². The second-order valence-corrected chi connectivity index (χ2v) is 8.03. The normalized spacial score (nSPS) is 15.5. The minimum absolute atomic E-state index is 0.199. The van der Waals surface area contributed by atoms with Gasteiger partial charge in [0.2, 0.25) is 11.8 Å². The van der Waals surface area contributed by atoms with E-state index in [0.717, 1.165) is 11.3 Å². The second kappa shape index (κ2) is 10.3. The maximum Gasteiger partial charge on any atom is 0.350 e. The van der Waals surface area contributed by atoms with Crippen molar-refractivity contribution in [1.29, 1.82) is 0 Å². The monoisotopic (exact) mass is 480 g/mol. The molecule has 3 N–H and O–H groups in total. The van der Waals surface area contributed by atoms with Crippen LogP contribution in [0.2, 0.25) is 5.02 Å². The molecule has 12 heteroatoms. The first-order valence-electron chi connectivity index (χ1n) is 9.48. The van der Waals surface area contributed by atoms with Crippen LogP contribution in [0.1, 0.15) is 16.1 Å². The van der Waals surface area contributed by atoms with Crippen molar-refractivity contribution < 1.29 is 28.7 Å². The fourth-order valence-electron chi connectivity index (χ4n) is 3.16. The number of carbonyl (C=O) groups is 4. The molecule has 0 bridgehead atoms. The summed E-state index contributed by atoms with van der Waals surface area (Å²) in [6, 6.07) is 4.68. The Labute approximate surface area is 192 Å². The van der Waals surface area contributed by atoms with Gasteiger partial charge in [0.25, 0.3) is 0 Å². The van der Waals surface area contributed by atoms with Gasteiger partial charge in [-0.1, -0.05) is 11.6 Å². The summed E-state index contributed by atoms with van der Waals surface area (Å²) < 4.78 is 9.92. The first-order chi connectivity index (χ1) is 15.3. The SMILES string of the molecule is COC(=O)c1sccc1NC(=O)C[C@H]1C(=O)NCCN1C(=O)Nc1cc(Cl)ccc1OC. The molecule has 2 aromatic rings. The Morgan fingerprint density at radius 1 is 1.22 bits per heavy atom. The van der Waals surface area contributed by atoms with Crippen molar-refractivity contribution in [2.75, 3.05) is 37.9 Å². The average Bonchev–Trinajstić information content (AvgIpc) is 3.22. The molecule has 1 aliphatic rings. The summed E-state index contributed by atoms with van der Waals surface area (Å²) in [4.78, 5) is 51.3. The van der Waals surface area contributed by atoms with Gasteiger partial charge in [0.1, 0.15) is 16.7 Å². The lowest BCUT2D eigenvalue weighted by Crippen LogP contribution is -2.59. The topological polar surface area (TPSA) is 126 Å². The number of rotatable bonds is 6. The molecule has 32 heavy (non-hydrogen) atoms. The number of thiophene rings is 1. The van der Waals surface area contributed by atoms with Crippen LogP contribution >= 0.6 is 22.9 Å². The maximum atomic E-state index is 12.9. The van der Waals surface area contributed by atoms with Gasteiger partial charge in [-0.15, -0.1) is 11.3 Å². The van der Waals surface area contributed by atoms with E-state index in [1.54, 1.807) is 23.6 Å². The Kier molecular flexibility index (Phi) is 7.54. The number of methoxy groups -OCH3 is 2. The van der Waals surface area contributed by atoms with Crippen molar-refractivity contribution in [3.05, 3.63) is 39.5 Å². The van der Waals surface area contributed by atoms with Gasteiger partial charge >= 0.3 is 12.0 Å². The highest BCUT2D eigenvalue weighted by Gasteiger charge is 2.35. The number of nitrogens with zero attached hydrogens (tertiary/aromatic N) is 1. The van der Waals surface area contributed by atoms with E-state index in [1.165, 1.54) is 25.2 Å². The molecule has 0 saturated carbocycles. The van der Waals surface area contributed by atoms with Crippen LogP contribution in [0.3, 0.4) is 0 Å². The Morgan fingerprint density at radius 2 is 2.00 bits per heavy atom. The number of esters is 1. The number of urea groups is 1. The van der Waals surface area contributed by atoms with E-state index in [-0.39, 0.29) is 30.1 Å². The number of benzene rings is 1. The first-order valence-corrected chi connectivity index (χ1v) is 10.7. The summed E-state index contributed by atoms with van der Waals surface area (Å²) in [7, 11) is 2.69. The van der Waals surface area contributed by atoms with Gasteiger partial charge in [0, 0.05) is 18.1 Å². The predicted molar refractivity (Wildman–Crippen MR) is 119 cm³/mol. The Morgan fingerprint density at radius 3 is 2.72 bits per heavy atom. The highest BCUT2D eigenvalue weighted by atomic mass is 35.5. The smallest absolute Gasteiger partial charge is 0.350 e. The van der Waals surface area contributed by atoms with Crippen molar-refractivity contribution in [3.8, 4) is 5.75 Å². The van der Waals surface area contributed by atoms with Gasteiger partial charge in [0.05, 0.1) is 32.0 Å². The number of hydrogen-bond donors (Lipinski definition) is 3. The number of ether oxygens (including phenoxy) is 2. The molecule has 1 fully saturated rings. The van der Waals surface area contributed by atoms with Crippen LogP contribution in [0.25, 0.3) is 0 Å². The standard InChI is InChI=1S/C20H21ClN4O6S/c1-30-15-4-3-11(21)9-13(15)24-20(29)25-7-6-22-18(27)14(25)10-16(26)23-12-5-8-32-17(12)19(28)31-2/h3-5,8-9,14H,6-7,10H2,1-2H3,(H,22,27)(H,23,26)(H,24,29)/t14-/m0/s1. The van der Waals surface area contributed by atoms with Crippen molar-refractivity contribution in [2.45, 2.75) is 12.5 Å². The lowest BCUT2D eigenvalue weighted by atomic mass is 10.1. The number of piperazine rings is 1. The quantitative estimate of drug-likeness (QED) is 0.545. The molecule has 2 heterocycles. The van der Waals surface area contributed by atoms with Crippen LogP contribution in [0, 0.1) is 0 Å². The average molecular weight is 481 g/mol. The molecule has 1 aromatic heterocycles. The van der Waals surface area contributed by atoms with Gasteiger partial charge in [-0.05, 0) is 29.6 Å². The summed E-state index contributed by atoms with van der Waals surface area (Å²) in [5.41, 5.74) is 0.614. The van der Waals surface area contributed by atoms with E-state index in [4.69, 9.17) is 21.1 Å². The van der Waals surface area contributed by atoms with Crippen LogP contribution in [0.15, 0.2) is 29.6 Å².